The zero-order chi connectivity index (χ0) is 8.72. The Morgan fingerprint density at radius 3 is 3.00 bits per heavy atom. The Balaban J connectivity index is 2.87. The van der Waals surface area contributed by atoms with Gasteiger partial charge >= 0.3 is 0 Å². The molecule has 0 spiro atoms. The molecule has 2 rings (SSSR count). The van der Waals surface area contributed by atoms with Crippen LogP contribution < -0.4 is 0 Å². The van der Waals surface area contributed by atoms with Crippen molar-refractivity contribution in [3.8, 4) is 0 Å². The monoisotopic (exact) mass is 184 g/mol. The molecule has 62 valence electrons. The van der Waals surface area contributed by atoms with Gasteiger partial charge in [-0.2, -0.15) is 0 Å². The van der Waals surface area contributed by atoms with Gasteiger partial charge in [-0.15, -0.1) is 0 Å². The zero-order valence-electron chi connectivity index (χ0n) is 6.38. The van der Waals surface area contributed by atoms with Gasteiger partial charge < -0.3 is 4.57 Å². The minimum Gasteiger partial charge on any atom is -0.334 e. The highest BCUT2D eigenvalue weighted by Gasteiger charge is 2.05. The number of benzene rings is 1. The van der Waals surface area contributed by atoms with Crippen molar-refractivity contribution in [3.63, 3.8) is 0 Å². The van der Waals surface area contributed by atoms with Gasteiger partial charge in [-0.05, 0) is 6.07 Å². The molecule has 12 heavy (non-hydrogen) atoms. The minimum atomic E-state index is -0.428. The van der Waals surface area contributed by atoms with Crippen LogP contribution in [0.2, 0.25) is 5.02 Å². The van der Waals surface area contributed by atoms with E-state index in [0.29, 0.717) is 5.52 Å². The van der Waals surface area contributed by atoms with Crippen molar-refractivity contribution in [2.45, 2.75) is 0 Å². The highest BCUT2D eigenvalue weighted by atomic mass is 35.5. The van der Waals surface area contributed by atoms with Gasteiger partial charge in [-0.25, -0.2) is 9.37 Å². The lowest BCUT2D eigenvalue weighted by Gasteiger charge is -1.95. The van der Waals surface area contributed by atoms with E-state index in [9.17, 15) is 4.39 Å². The second kappa shape index (κ2) is 2.45. The van der Waals surface area contributed by atoms with Crippen LogP contribution in [0.1, 0.15) is 0 Å². The zero-order valence-corrected chi connectivity index (χ0v) is 7.14. The Labute approximate surface area is 73.6 Å². The second-order valence-electron chi connectivity index (χ2n) is 2.61. The van der Waals surface area contributed by atoms with E-state index in [-0.39, 0.29) is 5.02 Å². The third-order valence-electron chi connectivity index (χ3n) is 1.77. The van der Waals surface area contributed by atoms with E-state index >= 15 is 0 Å². The smallest absolute Gasteiger partial charge is 0.144 e. The Morgan fingerprint density at radius 1 is 1.50 bits per heavy atom. The van der Waals surface area contributed by atoms with Crippen molar-refractivity contribution in [2.24, 2.45) is 7.05 Å². The van der Waals surface area contributed by atoms with Gasteiger partial charge in [0, 0.05) is 13.1 Å². The third-order valence-corrected chi connectivity index (χ3v) is 2.06. The summed E-state index contributed by atoms with van der Waals surface area (Å²) >= 11 is 5.60. The standard InChI is InChI=1S/C8H6ClFN2/c1-12-4-11-7-3-6(10)5(9)2-8(7)12/h2-4H,1H3. The first-order valence-corrected chi connectivity index (χ1v) is 3.82. The SMILES string of the molecule is Cn1cnc2cc(F)c(Cl)cc21. The molecule has 1 aromatic heterocycles. The Bertz CT molecular complexity index is 436. The molecular weight excluding hydrogens is 179 g/mol. The quantitative estimate of drug-likeness (QED) is 0.615. The number of hydrogen-bond acceptors (Lipinski definition) is 1. The normalized spacial score (nSPS) is 10.9. The number of aryl methyl sites for hydroxylation is 1. The van der Waals surface area contributed by atoms with Crippen molar-refractivity contribution in [1.82, 2.24) is 9.55 Å². The average molecular weight is 185 g/mol. The van der Waals surface area contributed by atoms with Crippen LogP contribution in [0, 0.1) is 5.82 Å². The molecule has 0 fully saturated rings. The summed E-state index contributed by atoms with van der Waals surface area (Å²) in [5, 5.41) is 0.131. The van der Waals surface area contributed by atoms with Crippen molar-refractivity contribution < 1.29 is 4.39 Å². The Hall–Kier alpha value is -1.09. The molecule has 2 nitrogen and oxygen atoms in total. The lowest BCUT2D eigenvalue weighted by Crippen LogP contribution is -1.84. The minimum absolute atomic E-state index is 0.131. The summed E-state index contributed by atoms with van der Waals surface area (Å²) in [4.78, 5) is 3.98. The van der Waals surface area contributed by atoms with E-state index in [0.717, 1.165) is 5.52 Å². The van der Waals surface area contributed by atoms with E-state index in [2.05, 4.69) is 4.98 Å². The Kier molecular flexibility index (Phi) is 1.54. The molecule has 0 unspecified atom stereocenters. The summed E-state index contributed by atoms with van der Waals surface area (Å²) < 4.78 is 14.7. The number of nitrogens with zero attached hydrogens (tertiary/aromatic N) is 2. The average Bonchev–Trinajstić information content (AvgIpc) is 2.35. The van der Waals surface area contributed by atoms with Crippen molar-refractivity contribution in [3.05, 3.63) is 29.3 Å². The first-order chi connectivity index (χ1) is 5.68. The summed E-state index contributed by atoms with van der Waals surface area (Å²) in [6, 6.07) is 2.90. The van der Waals surface area contributed by atoms with Crippen LogP contribution >= 0.6 is 11.6 Å². The fraction of sp³-hybridized carbons (Fsp3) is 0.125. The molecule has 0 atom stereocenters. The molecule has 0 radical (unpaired) electrons. The number of halogens is 2. The van der Waals surface area contributed by atoms with E-state index in [1.54, 1.807) is 17.0 Å². The largest absolute Gasteiger partial charge is 0.334 e. The predicted octanol–water partition coefficient (Wildman–Crippen LogP) is 2.37. The number of hydrogen-bond donors (Lipinski definition) is 0. The van der Waals surface area contributed by atoms with Gasteiger partial charge in [-0.3, -0.25) is 0 Å². The second-order valence-corrected chi connectivity index (χ2v) is 3.02. The molecule has 0 aliphatic carbocycles. The highest BCUT2D eigenvalue weighted by molar-refractivity contribution is 6.31. The molecule has 0 saturated heterocycles. The molecule has 0 bridgehead atoms. The Morgan fingerprint density at radius 2 is 2.25 bits per heavy atom. The number of rotatable bonds is 0. The fourth-order valence-corrected chi connectivity index (χ4v) is 1.28. The van der Waals surface area contributed by atoms with Gasteiger partial charge in [0.25, 0.3) is 0 Å². The van der Waals surface area contributed by atoms with Crippen LogP contribution in [-0.4, -0.2) is 9.55 Å². The van der Waals surface area contributed by atoms with Gasteiger partial charge in [0.05, 0.1) is 22.4 Å². The van der Waals surface area contributed by atoms with Gasteiger partial charge in [0.2, 0.25) is 0 Å². The van der Waals surface area contributed by atoms with Crippen molar-refractivity contribution in [2.75, 3.05) is 0 Å². The van der Waals surface area contributed by atoms with Gasteiger partial charge in [0.15, 0.2) is 0 Å². The lowest BCUT2D eigenvalue weighted by molar-refractivity contribution is 0.630. The topological polar surface area (TPSA) is 17.8 Å². The summed E-state index contributed by atoms with van der Waals surface area (Å²) in [6.07, 6.45) is 1.63. The van der Waals surface area contributed by atoms with E-state index in [1.807, 2.05) is 7.05 Å². The maximum absolute atomic E-state index is 12.9. The fourth-order valence-electron chi connectivity index (χ4n) is 1.12. The molecule has 1 heterocycles. The van der Waals surface area contributed by atoms with Crippen molar-refractivity contribution in [1.29, 1.82) is 0 Å². The number of aromatic nitrogens is 2. The first kappa shape index (κ1) is 7.55. The van der Waals surface area contributed by atoms with Crippen LogP contribution in [0.4, 0.5) is 4.39 Å². The molecule has 0 amide bonds. The first-order valence-electron chi connectivity index (χ1n) is 3.44. The lowest BCUT2D eigenvalue weighted by atomic mass is 10.3. The maximum Gasteiger partial charge on any atom is 0.144 e. The highest BCUT2D eigenvalue weighted by Crippen LogP contribution is 2.21. The molecule has 1 aromatic carbocycles. The molecule has 0 aliphatic heterocycles. The van der Waals surface area contributed by atoms with Crippen LogP contribution in [-0.2, 0) is 7.05 Å². The van der Waals surface area contributed by atoms with Gasteiger partial charge in [-0.1, -0.05) is 11.6 Å². The van der Waals surface area contributed by atoms with E-state index in [4.69, 9.17) is 11.6 Å². The van der Waals surface area contributed by atoms with Crippen LogP contribution in [0.3, 0.4) is 0 Å². The molecule has 0 aliphatic rings. The molecule has 0 N–H and O–H groups in total. The molecular formula is C8H6ClFN2. The molecule has 2 aromatic rings. The van der Waals surface area contributed by atoms with Gasteiger partial charge in [0.1, 0.15) is 5.82 Å². The molecule has 4 heteroatoms. The third kappa shape index (κ3) is 0.975. The van der Waals surface area contributed by atoms with Crippen LogP contribution in [0.15, 0.2) is 18.5 Å². The van der Waals surface area contributed by atoms with Crippen molar-refractivity contribution >= 4 is 22.6 Å². The summed E-state index contributed by atoms with van der Waals surface area (Å²) in [5.74, 6) is -0.428. The summed E-state index contributed by atoms with van der Waals surface area (Å²) in [5.41, 5.74) is 1.46. The summed E-state index contributed by atoms with van der Waals surface area (Å²) in [7, 11) is 1.84. The predicted molar refractivity (Wildman–Crippen MR) is 45.7 cm³/mol. The number of imidazole rings is 1. The maximum atomic E-state index is 12.9. The van der Waals surface area contributed by atoms with E-state index < -0.39 is 5.82 Å². The van der Waals surface area contributed by atoms with E-state index in [1.165, 1.54) is 6.07 Å². The van der Waals surface area contributed by atoms with Crippen LogP contribution in [0.5, 0.6) is 0 Å². The van der Waals surface area contributed by atoms with Crippen LogP contribution in [0.25, 0.3) is 11.0 Å². The number of fused-ring (bicyclic) bond motifs is 1. The summed E-state index contributed by atoms with van der Waals surface area (Å²) in [6.45, 7) is 0. The molecule has 0 saturated carbocycles.